The zero-order valence-corrected chi connectivity index (χ0v) is 13.2. The van der Waals surface area contributed by atoms with Gasteiger partial charge in [0.15, 0.2) is 0 Å². The van der Waals surface area contributed by atoms with E-state index < -0.39 is 10.0 Å². The van der Waals surface area contributed by atoms with Gasteiger partial charge in [-0.15, -0.1) is 11.3 Å². The second-order valence-electron chi connectivity index (χ2n) is 5.25. The summed E-state index contributed by atoms with van der Waals surface area (Å²) in [6.45, 7) is 6.23. The molecule has 0 aromatic carbocycles. The Morgan fingerprint density at radius 2 is 2.00 bits per heavy atom. The lowest BCUT2D eigenvalue weighted by Gasteiger charge is -2.25. The Labute approximate surface area is 119 Å². The number of sulfonamides is 1. The van der Waals surface area contributed by atoms with E-state index in [0.717, 1.165) is 30.7 Å². The van der Waals surface area contributed by atoms with Crippen LogP contribution in [0, 0.1) is 0 Å². The normalized spacial score (nSPS) is 18.1. The molecule has 1 aliphatic rings. The molecule has 19 heavy (non-hydrogen) atoms. The van der Waals surface area contributed by atoms with E-state index in [-0.39, 0.29) is 0 Å². The van der Waals surface area contributed by atoms with Gasteiger partial charge in [0.25, 0.3) is 0 Å². The molecule has 1 aliphatic heterocycles. The quantitative estimate of drug-likeness (QED) is 0.909. The summed E-state index contributed by atoms with van der Waals surface area (Å²) < 4.78 is 26.5. The van der Waals surface area contributed by atoms with Crippen LogP contribution in [0.5, 0.6) is 0 Å². The van der Waals surface area contributed by atoms with E-state index in [1.54, 1.807) is 9.69 Å². The van der Waals surface area contributed by atoms with Crippen molar-refractivity contribution < 1.29 is 8.42 Å². The molecule has 1 N–H and O–H groups in total. The van der Waals surface area contributed by atoms with Crippen molar-refractivity contribution in [3.8, 4) is 0 Å². The van der Waals surface area contributed by atoms with Crippen LogP contribution < -0.4 is 5.32 Å². The first-order valence-corrected chi connectivity index (χ1v) is 9.13. The molecule has 0 unspecified atom stereocenters. The highest BCUT2D eigenvalue weighted by Gasteiger charge is 2.26. The third-order valence-corrected chi connectivity index (χ3v) is 6.23. The smallest absolute Gasteiger partial charge is 0.243 e. The van der Waals surface area contributed by atoms with Gasteiger partial charge < -0.3 is 5.32 Å². The fraction of sp³-hybridized carbons (Fsp3) is 0.692. The molecule has 4 nitrogen and oxygen atoms in total. The first-order chi connectivity index (χ1) is 9.00. The third kappa shape index (κ3) is 3.78. The minimum absolute atomic E-state index is 0.407. The highest BCUT2D eigenvalue weighted by molar-refractivity contribution is 7.89. The fourth-order valence-corrected chi connectivity index (χ4v) is 4.88. The van der Waals surface area contributed by atoms with Gasteiger partial charge in [-0.1, -0.05) is 20.3 Å². The Hall–Kier alpha value is -0.430. The lowest BCUT2D eigenvalue weighted by molar-refractivity contribution is 0.347. The Bertz CT molecular complexity index is 502. The molecule has 1 aromatic heterocycles. The fourth-order valence-electron chi connectivity index (χ4n) is 2.15. The van der Waals surface area contributed by atoms with Gasteiger partial charge in [0, 0.05) is 35.9 Å². The second-order valence-corrected chi connectivity index (χ2v) is 8.18. The van der Waals surface area contributed by atoms with Gasteiger partial charge in [0.05, 0.1) is 4.90 Å². The Morgan fingerprint density at radius 3 is 2.63 bits per heavy atom. The molecule has 0 amide bonds. The van der Waals surface area contributed by atoms with Gasteiger partial charge in [-0.05, 0) is 18.9 Å². The Morgan fingerprint density at radius 1 is 1.32 bits per heavy atom. The monoisotopic (exact) mass is 302 g/mol. The summed E-state index contributed by atoms with van der Waals surface area (Å²) >= 11 is 1.51. The molecule has 6 heteroatoms. The summed E-state index contributed by atoms with van der Waals surface area (Å²) in [5.41, 5.74) is 0. The maximum absolute atomic E-state index is 12.5. The third-order valence-electron chi connectivity index (χ3n) is 3.27. The average Bonchev–Trinajstić information content (AvgIpc) is 2.87. The molecule has 0 aliphatic carbocycles. The molecule has 0 saturated carbocycles. The summed E-state index contributed by atoms with van der Waals surface area (Å²) in [6, 6.07) is 2.22. The van der Waals surface area contributed by atoms with E-state index >= 15 is 0 Å². The van der Waals surface area contributed by atoms with Crippen molar-refractivity contribution in [3.63, 3.8) is 0 Å². The number of rotatable bonds is 5. The van der Waals surface area contributed by atoms with E-state index in [2.05, 4.69) is 19.2 Å². The van der Waals surface area contributed by atoms with Crippen molar-refractivity contribution in [2.24, 2.45) is 0 Å². The molecule has 0 bridgehead atoms. The highest BCUT2D eigenvalue weighted by atomic mass is 32.2. The van der Waals surface area contributed by atoms with Crippen molar-refractivity contribution in [2.75, 3.05) is 13.1 Å². The van der Waals surface area contributed by atoms with E-state index in [4.69, 9.17) is 0 Å². The molecule has 2 heterocycles. The van der Waals surface area contributed by atoms with E-state index in [9.17, 15) is 8.42 Å². The van der Waals surface area contributed by atoms with Gasteiger partial charge in [0.2, 0.25) is 10.0 Å². The number of piperidine rings is 1. The molecule has 108 valence electrons. The van der Waals surface area contributed by atoms with Crippen LogP contribution in [0.1, 0.15) is 38.0 Å². The minimum Gasteiger partial charge on any atom is -0.310 e. The highest BCUT2D eigenvalue weighted by Crippen LogP contribution is 2.25. The van der Waals surface area contributed by atoms with Gasteiger partial charge in [-0.2, -0.15) is 4.31 Å². The second kappa shape index (κ2) is 6.35. The predicted octanol–water partition coefficient (Wildman–Crippen LogP) is 2.42. The van der Waals surface area contributed by atoms with Crippen LogP contribution >= 0.6 is 11.3 Å². The maximum Gasteiger partial charge on any atom is 0.243 e. The van der Waals surface area contributed by atoms with Crippen molar-refractivity contribution in [3.05, 3.63) is 16.3 Å². The molecule has 0 radical (unpaired) electrons. The summed E-state index contributed by atoms with van der Waals surface area (Å²) in [5, 5.41) is 5.07. The molecule has 1 fully saturated rings. The molecular formula is C13H22N2O2S2. The van der Waals surface area contributed by atoms with Crippen molar-refractivity contribution in [1.82, 2.24) is 9.62 Å². The maximum atomic E-state index is 12.5. The summed E-state index contributed by atoms with van der Waals surface area (Å²) in [4.78, 5) is 1.53. The lowest BCUT2D eigenvalue weighted by Crippen LogP contribution is -2.35. The van der Waals surface area contributed by atoms with Crippen LogP contribution in [0.4, 0.5) is 0 Å². The largest absolute Gasteiger partial charge is 0.310 e. The van der Waals surface area contributed by atoms with Crippen LogP contribution in [-0.2, 0) is 16.6 Å². The van der Waals surface area contributed by atoms with Gasteiger partial charge in [-0.3, -0.25) is 0 Å². The molecule has 0 spiro atoms. The van der Waals surface area contributed by atoms with Crippen LogP contribution in [0.25, 0.3) is 0 Å². The average molecular weight is 302 g/mol. The summed E-state index contributed by atoms with van der Waals surface area (Å²) in [5.74, 6) is 0. The summed E-state index contributed by atoms with van der Waals surface area (Å²) in [6.07, 6.45) is 3.09. The molecule has 1 saturated heterocycles. The van der Waals surface area contributed by atoms with Gasteiger partial charge >= 0.3 is 0 Å². The predicted molar refractivity (Wildman–Crippen MR) is 78.9 cm³/mol. The number of thiophene rings is 1. The van der Waals surface area contributed by atoms with Crippen molar-refractivity contribution in [2.45, 2.75) is 50.6 Å². The van der Waals surface area contributed by atoms with Gasteiger partial charge in [0.1, 0.15) is 0 Å². The van der Waals surface area contributed by atoms with E-state index in [1.807, 2.05) is 6.07 Å². The SMILES string of the molecule is CC(C)NCc1cc(S(=O)(=O)N2CCCCC2)cs1. The van der Waals surface area contributed by atoms with Crippen LogP contribution in [0.3, 0.4) is 0 Å². The Kier molecular flexibility index (Phi) is 5.00. The van der Waals surface area contributed by atoms with E-state index in [1.165, 1.54) is 11.3 Å². The first kappa shape index (κ1) is 15.0. The molecule has 2 rings (SSSR count). The summed E-state index contributed by atoms with van der Waals surface area (Å²) in [7, 11) is -3.26. The topological polar surface area (TPSA) is 49.4 Å². The zero-order chi connectivity index (χ0) is 13.9. The first-order valence-electron chi connectivity index (χ1n) is 6.81. The lowest BCUT2D eigenvalue weighted by atomic mass is 10.2. The molecular weight excluding hydrogens is 280 g/mol. The number of hydrogen-bond acceptors (Lipinski definition) is 4. The minimum atomic E-state index is -3.26. The molecule has 1 aromatic rings. The van der Waals surface area contributed by atoms with Gasteiger partial charge in [-0.25, -0.2) is 8.42 Å². The van der Waals surface area contributed by atoms with Crippen LogP contribution in [-0.4, -0.2) is 31.9 Å². The standard InChI is InChI=1S/C13H22N2O2S2/c1-11(2)14-9-12-8-13(10-18-12)19(16,17)15-6-4-3-5-7-15/h8,10-11,14H,3-7,9H2,1-2H3. The van der Waals surface area contributed by atoms with Crippen LogP contribution in [0.2, 0.25) is 0 Å². The Balaban J connectivity index is 2.08. The van der Waals surface area contributed by atoms with Crippen molar-refractivity contribution in [1.29, 1.82) is 0 Å². The van der Waals surface area contributed by atoms with E-state index in [0.29, 0.717) is 24.0 Å². The number of nitrogens with zero attached hydrogens (tertiary/aromatic N) is 1. The number of nitrogens with one attached hydrogen (secondary N) is 1. The van der Waals surface area contributed by atoms with Crippen LogP contribution in [0.15, 0.2) is 16.3 Å². The number of hydrogen-bond donors (Lipinski definition) is 1. The molecule has 0 atom stereocenters. The zero-order valence-electron chi connectivity index (χ0n) is 11.6. The van der Waals surface area contributed by atoms with Crippen molar-refractivity contribution >= 4 is 21.4 Å².